The van der Waals surface area contributed by atoms with E-state index in [1.807, 2.05) is 0 Å². The molecule has 0 aliphatic heterocycles. The molecule has 0 amide bonds. The van der Waals surface area contributed by atoms with E-state index in [-0.39, 0.29) is 0 Å². The summed E-state index contributed by atoms with van der Waals surface area (Å²) in [6.45, 7) is 0. The maximum absolute atomic E-state index is 10.9. The highest BCUT2D eigenvalue weighted by atomic mass is 16.4. The molecule has 6 heteroatoms. The lowest BCUT2D eigenvalue weighted by atomic mass is 9.81. The Balaban J connectivity index is 2.85. The van der Waals surface area contributed by atoms with E-state index in [1.54, 1.807) is 0 Å². The summed E-state index contributed by atoms with van der Waals surface area (Å²) in [7, 11) is 0. The molecule has 0 spiro atoms. The molecule has 74 valence electrons. The molecule has 0 bridgehead atoms. The van der Waals surface area contributed by atoms with Crippen LogP contribution in [0.2, 0.25) is 0 Å². The molecule has 0 heterocycles. The number of aliphatic hydroxyl groups excluding tert-OH is 2. The first-order valence-electron chi connectivity index (χ1n) is 3.71. The van der Waals surface area contributed by atoms with Gasteiger partial charge in [0.25, 0.3) is 0 Å². The lowest BCUT2D eigenvalue weighted by Crippen LogP contribution is -2.54. The Morgan fingerprint density at radius 1 is 1.46 bits per heavy atom. The lowest BCUT2D eigenvalue weighted by molar-refractivity contribution is -0.176. The molecule has 1 saturated carbocycles. The average Bonchev–Trinajstić information content (AvgIpc) is 2.00. The third-order valence-electron chi connectivity index (χ3n) is 2.11. The number of carbonyl (C=O) groups is 2. The van der Waals surface area contributed by atoms with Crippen LogP contribution in [-0.4, -0.2) is 50.0 Å². The minimum atomic E-state index is -2.24. The molecular weight excluding hydrogens is 180 g/mol. The predicted molar refractivity (Wildman–Crippen MR) is 38.8 cm³/mol. The summed E-state index contributed by atoms with van der Waals surface area (Å²) in [5, 5.41) is 35.8. The van der Waals surface area contributed by atoms with E-state index >= 15 is 0 Å². The molecule has 4 N–H and O–H groups in total. The Hall–Kier alpha value is -0.980. The van der Waals surface area contributed by atoms with Gasteiger partial charge in [-0.3, -0.25) is 4.79 Å². The van der Waals surface area contributed by atoms with Crippen molar-refractivity contribution in [1.29, 1.82) is 0 Å². The number of hydrogen-bond donors (Lipinski definition) is 4. The van der Waals surface area contributed by atoms with Crippen LogP contribution in [-0.2, 0) is 9.59 Å². The van der Waals surface area contributed by atoms with Crippen LogP contribution in [0.25, 0.3) is 0 Å². The van der Waals surface area contributed by atoms with E-state index in [1.165, 1.54) is 0 Å². The number of rotatable bonds is 1. The zero-order valence-electron chi connectivity index (χ0n) is 6.67. The third kappa shape index (κ3) is 1.69. The molecule has 0 aromatic rings. The van der Waals surface area contributed by atoms with E-state index in [0.29, 0.717) is 0 Å². The molecule has 0 radical (unpaired) electrons. The summed E-state index contributed by atoms with van der Waals surface area (Å²) in [4.78, 5) is 21.4. The Kier molecular flexibility index (Phi) is 2.38. The van der Waals surface area contributed by atoms with Gasteiger partial charge >= 0.3 is 5.97 Å². The summed E-state index contributed by atoms with van der Waals surface area (Å²) in [5.41, 5.74) is -2.24. The average molecular weight is 190 g/mol. The fourth-order valence-electron chi connectivity index (χ4n) is 1.30. The molecule has 0 aromatic heterocycles. The lowest BCUT2D eigenvalue weighted by Gasteiger charge is -2.32. The largest absolute Gasteiger partial charge is 0.479 e. The molecule has 1 aliphatic rings. The monoisotopic (exact) mass is 190 g/mol. The zero-order chi connectivity index (χ0) is 10.2. The van der Waals surface area contributed by atoms with Crippen LogP contribution in [0.3, 0.4) is 0 Å². The van der Waals surface area contributed by atoms with Gasteiger partial charge in [-0.25, -0.2) is 4.79 Å². The molecule has 0 unspecified atom stereocenters. The van der Waals surface area contributed by atoms with Crippen molar-refractivity contribution >= 4 is 11.8 Å². The number of carbonyl (C=O) groups excluding carboxylic acids is 1. The van der Waals surface area contributed by atoms with Crippen molar-refractivity contribution in [3.63, 3.8) is 0 Å². The van der Waals surface area contributed by atoms with E-state index in [0.717, 1.165) is 0 Å². The van der Waals surface area contributed by atoms with Crippen LogP contribution >= 0.6 is 0 Å². The number of Topliss-reactive ketones (excluding diaryl/α,β-unsaturated/α-hetero) is 1. The Morgan fingerprint density at radius 2 is 2.00 bits per heavy atom. The van der Waals surface area contributed by atoms with Gasteiger partial charge < -0.3 is 20.4 Å². The number of aliphatic hydroxyl groups is 3. The van der Waals surface area contributed by atoms with Crippen molar-refractivity contribution in [3.05, 3.63) is 0 Å². The molecule has 0 saturated heterocycles. The molecule has 0 aromatic carbocycles. The van der Waals surface area contributed by atoms with E-state index in [4.69, 9.17) is 15.3 Å². The van der Waals surface area contributed by atoms with Crippen LogP contribution < -0.4 is 0 Å². The Labute approximate surface area is 73.4 Å². The van der Waals surface area contributed by atoms with Crippen LogP contribution in [0.5, 0.6) is 0 Å². The minimum Gasteiger partial charge on any atom is -0.479 e. The molecule has 6 nitrogen and oxygen atoms in total. The van der Waals surface area contributed by atoms with Gasteiger partial charge in [-0.2, -0.15) is 0 Å². The third-order valence-corrected chi connectivity index (χ3v) is 2.11. The topological polar surface area (TPSA) is 115 Å². The summed E-state index contributed by atoms with van der Waals surface area (Å²) >= 11 is 0. The number of ketones is 1. The summed E-state index contributed by atoms with van der Waals surface area (Å²) in [6.07, 6.45) is -4.29. The first kappa shape index (κ1) is 10.1. The SMILES string of the molecule is O=C1C[C@@](O)(C(=O)O)C[C@@H](O)[C@@H]1O. The molecule has 3 atom stereocenters. The Morgan fingerprint density at radius 3 is 2.38 bits per heavy atom. The van der Waals surface area contributed by atoms with Crippen molar-refractivity contribution in [2.24, 2.45) is 0 Å². The smallest absolute Gasteiger partial charge is 0.336 e. The quantitative estimate of drug-likeness (QED) is 0.376. The van der Waals surface area contributed by atoms with E-state index < -0.39 is 42.4 Å². The summed E-state index contributed by atoms with van der Waals surface area (Å²) in [6, 6.07) is 0. The van der Waals surface area contributed by atoms with Gasteiger partial charge in [-0.05, 0) is 0 Å². The normalized spacial score (nSPS) is 40.4. The fourth-order valence-corrected chi connectivity index (χ4v) is 1.30. The number of hydrogen-bond acceptors (Lipinski definition) is 5. The zero-order valence-corrected chi connectivity index (χ0v) is 6.67. The first-order valence-corrected chi connectivity index (χ1v) is 3.71. The second-order valence-electron chi connectivity index (χ2n) is 3.20. The first-order chi connectivity index (χ1) is 5.87. The number of carboxylic acid groups (broad SMARTS) is 1. The van der Waals surface area contributed by atoms with Crippen molar-refractivity contribution in [1.82, 2.24) is 0 Å². The van der Waals surface area contributed by atoms with Crippen LogP contribution in [0.4, 0.5) is 0 Å². The minimum absolute atomic E-state index is 0.532. The second kappa shape index (κ2) is 3.06. The van der Waals surface area contributed by atoms with Crippen molar-refractivity contribution in [3.8, 4) is 0 Å². The Bertz CT molecular complexity index is 249. The molecule has 1 fully saturated rings. The van der Waals surface area contributed by atoms with Gasteiger partial charge in [-0.1, -0.05) is 0 Å². The van der Waals surface area contributed by atoms with E-state index in [9.17, 15) is 14.7 Å². The van der Waals surface area contributed by atoms with Gasteiger partial charge in [0, 0.05) is 12.8 Å². The second-order valence-corrected chi connectivity index (χ2v) is 3.20. The maximum atomic E-state index is 10.9. The highest BCUT2D eigenvalue weighted by Gasteiger charge is 2.48. The van der Waals surface area contributed by atoms with Gasteiger partial charge in [0.2, 0.25) is 0 Å². The summed E-state index contributed by atoms with van der Waals surface area (Å²) in [5.74, 6) is -2.42. The van der Waals surface area contributed by atoms with Crippen LogP contribution in [0.15, 0.2) is 0 Å². The standard InChI is InChI=1S/C7H10O6/c8-3-1-7(13,6(11)12)2-4(9)5(3)10/h3,5,8,10,13H,1-2H2,(H,11,12)/t3-,5+,7-/m1/s1. The van der Waals surface area contributed by atoms with E-state index in [2.05, 4.69) is 0 Å². The van der Waals surface area contributed by atoms with Crippen molar-refractivity contribution in [2.75, 3.05) is 0 Å². The molecular formula is C7H10O6. The fraction of sp³-hybridized carbons (Fsp3) is 0.714. The number of carboxylic acids is 1. The van der Waals surface area contributed by atoms with Crippen LogP contribution in [0.1, 0.15) is 12.8 Å². The maximum Gasteiger partial charge on any atom is 0.336 e. The molecule has 1 rings (SSSR count). The number of aliphatic carboxylic acids is 1. The molecule has 1 aliphatic carbocycles. The van der Waals surface area contributed by atoms with Gasteiger partial charge in [0.1, 0.15) is 6.10 Å². The highest BCUT2D eigenvalue weighted by molar-refractivity contribution is 5.92. The van der Waals surface area contributed by atoms with Gasteiger partial charge in [-0.15, -0.1) is 0 Å². The highest BCUT2D eigenvalue weighted by Crippen LogP contribution is 2.26. The predicted octanol–water partition coefficient (Wildman–Crippen LogP) is -2.11. The van der Waals surface area contributed by atoms with Crippen molar-refractivity contribution < 1.29 is 30.0 Å². The van der Waals surface area contributed by atoms with Crippen LogP contribution in [0, 0.1) is 0 Å². The summed E-state index contributed by atoms with van der Waals surface area (Å²) < 4.78 is 0. The molecule has 13 heavy (non-hydrogen) atoms. The van der Waals surface area contributed by atoms with Gasteiger partial charge in [0.05, 0.1) is 6.10 Å². The van der Waals surface area contributed by atoms with Crippen molar-refractivity contribution in [2.45, 2.75) is 30.7 Å². The van der Waals surface area contributed by atoms with Gasteiger partial charge in [0.15, 0.2) is 11.4 Å².